The van der Waals surface area contributed by atoms with Crippen LogP contribution in [0.1, 0.15) is 21.7 Å². The molecule has 42 heavy (non-hydrogen) atoms. The van der Waals surface area contributed by atoms with E-state index < -0.39 is 35.1 Å². The van der Waals surface area contributed by atoms with Gasteiger partial charge in [-0.2, -0.15) is 0 Å². The third kappa shape index (κ3) is 5.88. The van der Waals surface area contributed by atoms with Crippen LogP contribution in [0.4, 0.5) is 10.3 Å². The highest BCUT2D eigenvalue weighted by Gasteiger charge is 2.53. The number of nitrogen functional groups attached to an aromatic ring is 2. The number of rotatable bonds is 10. The summed E-state index contributed by atoms with van der Waals surface area (Å²) < 4.78 is 1.61. The summed E-state index contributed by atoms with van der Waals surface area (Å²) in [4.78, 5) is 64.6. The van der Waals surface area contributed by atoms with Crippen LogP contribution in [0.15, 0.2) is 51.7 Å². The van der Waals surface area contributed by atoms with Gasteiger partial charge in [-0.3, -0.25) is 24.5 Å². The monoisotopic (exact) mass is 631 g/mol. The van der Waals surface area contributed by atoms with Gasteiger partial charge < -0.3 is 31.5 Å². The maximum Gasteiger partial charge on any atom is 0.276 e. The maximum absolute atomic E-state index is 13.2. The van der Waals surface area contributed by atoms with Crippen LogP contribution < -0.4 is 31.9 Å². The number of thioether (sulfide) groups is 1. The fourth-order valence-electron chi connectivity index (χ4n) is 4.15. The first kappa shape index (κ1) is 28.9. The lowest BCUT2D eigenvalue weighted by atomic mass is 10.0. The van der Waals surface area contributed by atoms with Gasteiger partial charge in [0.25, 0.3) is 17.7 Å². The molecule has 19 heteroatoms. The Labute approximate surface area is 248 Å². The van der Waals surface area contributed by atoms with Crippen molar-refractivity contribution >= 4 is 74.1 Å². The number of anilines is 2. The van der Waals surface area contributed by atoms with Gasteiger partial charge in [-0.25, -0.2) is 20.0 Å². The molecule has 3 aromatic rings. The average molecular weight is 632 g/mol. The first-order chi connectivity index (χ1) is 20.2. The van der Waals surface area contributed by atoms with E-state index >= 15 is 0 Å². The number of nitrogens with one attached hydrogen (secondary N) is 2. The van der Waals surface area contributed by atoms with Crippen molar-refractivity contribution in [1.29, 1.82) is 0 Å². The van der Waals surface area contributed by atoms with Gasteiger partial charge in [-0.1, -0.05) is 5.16 Å². The number of carbonyl (C=O) groups is 4. The molecule has 1 unspecified atom stereocenters. The zero-order chi connectivity index (χ0) is 30.0. The van der Waals surface area contributed by atoms with E-state index in [1.54, 1.807) is 9.95 Å². The number of β-lactam (4-membered cyclic amide) rings is 1. The highest BCUT2D eigenvalue weighted by molar-refractivity contribution is 8.00. The third-order valence-corrected chi connectivity index (χ3v) is 8.81. The number of hydroxylamine groups is 1. The molecule has 3 amide bonds. The van der Waals surface area contributed by atoms with Crippen LogP contribution >= 0.6 is 34.4 Å². The maximum atomic E-state index is 13.2. The number of thiazole rings is 2. The molecule has 16 nitrogen and oxygen atoms in total. The SMILES string of the molecule is Nc1nc(CO/N=C(\C(=O)NC2C(=O)N3C(C(=O)[O-])=C(C[n+]4ccc(C(=O)NO)cc4)CS[C@H]23)c2csc(N)n2)cs1. The molecule has 0 saturated carbocycles. The first-order valence-corrected chi connectivity index (χ1v) is 14.7. The molecule has 0 bridgehead atoms. The quantitative estimate of drug-likeness (QED) is 0.0547. The Morgan fingerprint density at radius 1 is 1.19 bits per heavy atom. The average Bonchev–Trinajstić information content (AvgIpc) is 3.60. The summed E-state index contributed by atoms with van der Waals surface area (Å²) in [5.41, 5.74) is 13.6. The summed E-state index contributed by atoms with van der Waals surface area (Å²) in [7, 11) is 0. The first-order valence-electron chi connectivity index (χ1n) is 11.9. The summed E-state index contributed by atoms with van der Waals surface area (Å²) in [6.45, 7) is 0.0194. The van der Waals surface area contributed by atoms with E-state index in [4.69, 9.17) is 21.5 Å². The number of carboxylic acid groups (broad SMARTS) is 1. The molecule has 218 valence electrons. The second-order valence-electron chi connectivity index (χ2n) is 8.76. The predicted molar refractivity (Wildman–Crippen MR) is 147 cm³/mol. The molecular formula is C23H21N9O7S3. The van der Waals surface area contributed by atoms with Crippen molar-refractivity contribution in [2.45, 2.75) is 24.6 Å². The molecule has 1 saturated heterocycles. The molecule has 0 radical (unpaired) electrons. The van der Waals surface area contributed by atoms with Gasteiger partial charge in [0.05, 0.1) is 22.9 Å². The molecule has 2 atom stereocenters. The Balaban J connectivity index is 1.31. The molecule has 7 N–H and O–H groups in total. The fourth-order valence-corrected chi connectivity index (χ4v) is 6.59. The van der Waals surface area contributed by atoms with E-state index in [9.17, 15) is 24.3 Å². The molecular weight excluding hydrogens is 611 g/mol. The molecule has 0 aromatic carbocycles. The minimum absolute atomic E-state index is 0.0728. The van der Waals surface area contributed by atoms with Crippen molar-refractivity contribution in [1.82, 2.24) is 25.7 Å². The topological polar surface area (TPSA) is 242 Å². The van der Waals surface area contributed by atoms with Gasteiger partial charge in [-0.05, 0) is 0 Å². The van der Waals surface area contributed by atoms with E-state index in [0.717, 1.165) is 16.2 Å². The largest absolute Gasteiger partial charge is 0.543 e. The lowest BCUT2D eigenvalue weighted by Crippen LogP contribution is -2.71. The van der Waals surface area contributed by atoms with Crippen molar-refractivity contribution in [2.24, 2.45) is 5.16 Å². The number of oxime groups is 1. The number of fused-ring (bicyclic) bond motifs is 1. The van der Waals surface area contributed by atoms with Crippen LogP contribution in [-0.4, -0.2) is 66.6 Å². The normalized spacial score (nSPS) is 18.3. The second kappa shape index (κ2) is 12.1. The van der Waals surface area contributed by atoms with E-state index in [2.05, 4.69) is 20.4 Å². The van der Waals surface area contributed by atoms with Crippen LogP contribution in [0.2, 0.25) is 0 Å². The Morgan fingerprint density at radius 3 is 2.52 bits per heavy atom. The van der Waals surface area contributed by atoms with Crippen molar-refractivity contribution < 1.29 is 38.9 Å². The van der Waals surface area contributed by atoms with E-state index in [0.29, 0.717) is 16.4 Å². The summed E-state index contributed by atoms with van der Waals surface area (Å²) in [6.07, 6.45) is 3.06. The molecule has 2 aliphatic rings. The van der Waals surface area contributed by atoms with Crippen molar-refractivity contribution in [3.8, 4) is 0 Å². The summed E-state index contributed by atoms with van der Waals surface area (Å²) in [5, 5.41) is 30.4. The Kier molecular flexibility index (Phi) is 8.34. The number of aromatic nitrogens is 3. The minimum atomic E-state index is -1.54. The fraction of sp³-hybridized carbons (Fsp3) is 0.217. The van der Waals surface area contributed by atoms with Gasteiger partial charge in [0.15, 0.2) is 41.5 Å². The van der Waals surface area contributed by atoms with Crippen LogP contribution in [0.3, 0.4) is 0 Å². The van der Waals surface area contributed by atoms with Crippen LogP contribution in [0.25, 0.3) is 0 Å². The standard InChI is InChI=1S/C23H21N9O7S3/c24-22-26-12(8-41-22)6-39-30-14(13-9-42-23(25)27-13)18(34)28-15-19(35)32-16(21(36)37)11(7-40-20(15)32)5-31-3-1-10(2-4-31)17(33)29-38/h1-4,8-9,15,20H,5-7H2,(H7-,24,25,26,27,28,29,30,33,34,36,37,38)/t15?,20-/m1/s1. The molecule has 2 aliphatic heterocycles. The Bertz CT molecular complexity index is 1620. The number of pyridine rings is 1. The highest BCUT2D eigenvalue weighted by atomic mass is 32.2. The van der Waals surface area contributed by atoms with Gasteiger partial charge in [0.1, 0.15) is 17.1 Å². The lowest BCUT2D eigenvalue weighted by molar-refractivity contribution is -0.689. The van der Waals surface area contributed by atoms with Gasteiger partial charge >= 0.3 is 0 Å². The summed E-state index contributed by atoms with van der Waals surface area (Å²) in [5.74, 6) is -3.44. The number of aliphatic carboxylic acids is 1. The Morgan fingerprint density at radius 2 is 1.90 bits per heavy atom. The number of nitrogens with zero attached hydrogens (tertiary/aromatic N) is 5. The predicted octanol–water partition coefficient (Wildman–Crippen LogP) is -1.80. The minimum Gasteiger partial charge on any atom is -0.543 e. The van der Waals surface area contributed by atoms with Crippen molar-refractivity contribution in [3.05, 3.63) is 63.5 Å². The zero-order valence-electron chi connectivity index (χ0n) is 21.3. The molecule has 0 spiro atoms. The van der Waals surface area contributed by atoms with Crippen LogP contribution in [0.5, 0.6) is 0 Å². The summed E-state index contributed by atoms with van der Waals surface area (Å²) in [6, 6.07) is 1.83. The van der Waals surface area contributed by atoms with E-state index in [1.807, 2.05) is 0 Å². The molecule has 5 heterocycles. The van der Waals surface area contributed by atoms with Crippen LogP contribution in [-0.2, 0) is 32.4 Å². The number of hydrogen-bond acceptors (Lipinski definition) is 15. The molecule has 5 rings (SSSR count). The highest BCUT2D eigenvalue weighted by Crippen LogP contribution is 2.40. The van der Waals surface area contributed by atoms with Crippen molar-refractivity contribution in [2.75, 3.05) is 17.2 Å². The van der Waals surface area contributed by atoms with E-state index in [-0.39, 0.29) is 46.7 Å². The molecule has 3 aromatic heterocycles. The second-order valence-corrected chi connectivity index (χ2v) is 11.6. The molecule has 0 aliphatic carbocycles. The van der Waals surface area contributed by atoms with Gasteiger partial charge in [0, 0.05) is 34.2 Å². The third-order valence-electron chi connectivity index (χ3n) is 6.07. The lowest BCUT2D eigenvalue weighted by Gasteiger charge is -2.50. The summed E-state index contributed by atoms with van der Waals surface area (Å²) >= 11 is 3.56. The van der Waals surface area contributed by atoms with Crippen molar-refractivity contribution in [3.63, 3.8) is 0 Å². The van der Waals surface area contributed by atoms with Gasteiger partial charge in [0.2, 0.25) is 0 Å². The number of nitrogens with two attached hydrogens (primary N) is 2. The van der Waals surface area contributed by atoms with Crippen LogP contribution in [0, 0.1) is 0 Å². The Hall–Kier alpha value is -4.59. The smallest absolute Gasteiger partial charge is 0.276 e. The number of carbonyl (C=O) groups excluding carboxylic acids is 4. The number of hydrogen-bond donors (Lipinski definition) is 5. The molecule has 1 fully saturated rings. The van der Waals surface area contributed by atoms with Gasteiger partial charge in [-0.15, -0.1) is 34.4 Å². The van der Waals surface area contributed by atoms with E-state index in [1.165, 1.54) is 58.5 Å². The zero-order valence-corrected chi connectivity index (χ0v) is 23.7. The number of carboxylic acids is 1. The number of amides is 3.